The summed E-state index contributed by atoms with van der Waals surface area (Å²) in [5.74, 6) is 0.926. The largest absolute Gasteiger partial charge is 0.328 e. The Morgan fingerprint density at radius 3 is 2.62 bits per heavy atom. The number of hydrogen-bond acceptors (Lipinski definition) is 1. The summed E-state index contributed by atoms with van der Waals surface area (Å²) in [5, 5.41) is 0. The van der Waals surface area contributed by atoms with E-state index in [2.05, 4.69) is 19.1 Å². The molecule has 74 valence electrons. The van der Waals surface area contributed by atoms with Crippen LogP contribution < -0.4 is 5.73 Å². The van der Waals surface area contributed by atoms with Gasteiger partial charge in [0.05, 0.1) is 0 Å². The van der Waals surface area contributed by atoms with Crippen molar-refractivity contribution in [2.75, 3.05) is 0 Å². The van der Waals surface area contributed by atoms with E-state index in [1.165, 1.54) is 38.5 Å². The number of rotatable bonds is 2. The van der Waals surface area contributed by atoms with Crippen LogP contribution >= 0.6 is 0 Å². The van der Waals surface area contributed by atoms with Crippen molar-refractivity contribution in [1.29, 1.82) is 0 Å². The van der Waals surface area contributed by atoms with Gasteiger partial charge >= 0.3 is 0 Å². The molecule has 2 rings (SSSR count). The van der Waals surface area contributed by atoms with Crippen molar-refractivity contribution in [3.63, 3.8) is 0 Å². The first-order valence-electron chi connectivity index (χ1n) is 5.59. The summed E-state index contributed by atoms with van der Waals surface area (Å²) >= 11 is 0. The Labute approximate surface area is 81.4 Å². The molecule has 0 radical (unpaired) electrons. The van der Waals surface area contributed by atoms with Crippen LogP contribution in [0.4, 0.5) is 0 Å². The lowest BCUT2D eigenvalue weighted by atomic mass is 9.78. The first-order chi connectivity index (χ1) is 6.18. The maximum atomic E-state index is 5.97. The van der Waals surface area contributed by atoms with Crippen LogP contribution in [-0.4, -0.2) is 6.04 Å². The zero-order chi connectivity index (χ0) is 9.31. The van der Waals surface area contributed by atoms with Crippen molar-refractivity contribution in [2.24, 2.45) is 17.1 Å². The quantitative estimate of drug-likeness (QED) is 0.648. The summed E-state index contributed by atoms with van der Waals surface area (Å²) in [6.07, 6.45) is 12.5. The third-order valence-corrected chi connectivity index (χ3v) is 3.76. The maximum Gasteiger partial charge on any atom is 0.00442 e. The molecule has 2 aliphatic carbocycles. The van der Waals surface area contributed by atoms with Gasteiger partial charge in [-0.15, -0.1) is 0 Å². The van der Waals surface area contributed by atoms with E-state index in [4.69, 9.17) is 5.73 Å². The molecule has 0 aromatic heterocycles. The molecule has 1 fully saturated rings. The van der Waals surface area contributed by atoms with Gasteiger partial charge in [0.2, 0.25) is 0 Å². The summed E-state index contributed by atoms with van der Waals surface area (Å²) in [6, 6.07) is 0.486. The molecule has 2 unspecified atom stereocenters. The van der Waals surface area contributed by atoms with Crippen molar-refractivity contribution in [3.8, 4) is 0 Å². The number of nitrogens with two attached hydrogens (primary N) is 1. The van der Waals surface area contributed by atoms with Gasteiger partial charge < -0.3 is 5.73 Å². The predicted molar refractivity (Wildman–Crippen MR) is 56.4 cm³/mol. The van der Waals surface area contributed by atoms with E-state index in [9.17, 15) is 0 Å². The molecule has 0 amide bonds. The van der Waals surface area contributed by atoms with Crippen LogP contribution in [0.25, 0.3) is 0 Å². The number of hydrogen-bond donors (Lipinski definition) is 1. The van der Waals surface area contributed by atoms with Crippen molar-refractivity contribution >= 4 is 0 Å². The van der Waals surface area contributed by atoms with E-state index >= 15 is 0 Å². The summed E-state index contributed by atoms with van der Waals surface area (Å²) < 4.78 is 0. The molecule has 0 bridgehead atoms. The monoisotopic (exact) mass is 179 g/mol. The highest BCUT2D eigenvalue weighted by Crippen LogP contribution is 2.44. The SMILES string of the molecule is CC1(CC2CC=CC2)CCC(N)C1. The molecule has 2 N–H and O–H groups in total. The maximum absolute atomic E-state index is 5.97. The molecule has 1 heteroatoms. The standard InChI is InChI=1S/C12H21N/c1-12(7-6-11(13)9-12)8-10-4-2-3-5-10/h2-3,10-11H,4-9,13H2,1H3. The highest BCUT2D eigenvalue weighted by Gasteiger charge is 2.35. The fourth-order valence-electron chi connectivity index (χ4n) is 3.09. The molecule has 0 aromatic carbocycles. The summed E-state index contributed by atoms with van der Waals surface area (Å²) in [6.45, 7) is 2.43. The van der Waals surface area contributed by atoms with Crippen molar-refractivity contribution in [3.05, 3.63) is 12.2 Å². The van der Waals surface area contributed by atoms with Gasteiger partial charge in [0, 0.05) is 6.04 Å². The first kappa shape index (κ1) is 9.26. The van der Waals surface area contributed by atoms with Crippen LogP contribution in [0, 0.1) is 11.3 Å². The topological polar surface area (TPSA) is 26.0 Å². The lowest BCUT2D eigenvalue weighted by Gasteiger charge is -2.27. The normalized spacial score (nSPS) is 40.3. The van der Waals surface area contributed by atoms with Crippen molar-refractivity contribution in [2.45, 2.75) is 51.5 Å². The van der Waals surface area contributed by atoms with E-state index < -0.39 is 0 Å². The third kappa shape index (κ3) is 2.14. The predicted octanol–water partition coefficient (Wildman–Crippen LogP) is 2.86. The minimum absolute atomic E-state index is 0.486. The molecule has 0 saturated heterocycles. The Hall–Kier alpha value is -0.300. The molecule has 2 aliphatic rings. The van der Waals surface area contributed by atoms with E-state index in [-0.39, 0.29) is 0 Å². The fraction of sp³-hybridized carbons (Fsp3) is 0.833. The van der Waals surface area contributed by atoms with Gasteiger partial charge in [-0.1, -0.05) is 19.1 Å². The second-order valence-corrected chi connectivity index (χ2v) is 5.33. The minimum atomic E-state index is 0.486. The van der Waals surface area contributed by atoms with Crippen LogP contribution in [0.1, 0.15) is 45.4 Å². The van der Waals surface area contributed by atoms with E-state index in [0.29, 0.717) is 11.5 Å². The Bertz CT molecular complexity index is 201. The van der Waals surface area contributed by atoms with E-state index in [0.717, 1.165) is 5.92 Å². The van der Waals surface area contributed by atoms with Crippen LogP contribution in [0.5, 0.6) is 0 Å². The highest BCUT2D eigenvalue weighted by molar-refractivity contribution is 4.98. The lowest BCUT2D eigenvalue weighted by molar-refractivity contribution is 0.249. The Morgan fingerprint density at radius 2 is 2.08 bits per heavy atom. The molecule has 1 nitrogen and oxygen atoms in total. The smallest absolute Gasteiger partial charge is 0.00442 e. The molecule has 2 atom stereocenters. The van der Waals surface area contributed by atoms with Crippen molar-refractivity contribution in [1.82, 2.24) is 0 Å². The zero-order valence-corrected chi connectivity index (χ0v) is 8.63. The first-order valence-corrected chi connectivity index (χ1v) is 5.59. The average molecular weight is 179 g/mol. The van der Waals surface area contributed by atoms with Crippen LogP contribution in [0.2, 0.25) is 0 Å². The molecule has 0 aliphatic heterocycles. The minimum Gasteiger partial charge on any atom is -0.328 e. The average Bonchev–Trinajstić information content (AvgIpc) is 2.62. The van der Waals surface area contributed by atoms with Crippen molar-refractivity contribution < 1.29 is 0 Å². The second-order valence-electron chi connectivity index (χ2n) is 5.33. The molecule has 0 spiro atoms. The third-order valence-electron chi connectivity index (χ3n) is 3.76. The molecular weight excluding hydrogens is 158 g/mol. The Balaban J connectivity index is 1.86. The second kappa shape index (κ2) is 3.45. The van der Waals surface area contributed by atoms with Gasteiger partial charge in [-0.05, 0) is 49.9 Å². The van der Waals surface area contributed by atoms with Gasteiger partial charge in [-0.3, -0.25) is 0 Å². The summed E-state index contributed by atoms with van der Waals surface area (Å²) in [4.78, 5) is 0. The van der Waals surface area contributed by atoms with Crippen LogP contribution in [-0.2, 0) is 0 Å². The summed E-state index contributed by atoms with van der Waals surface area (Å²) in [7, 11) is 0. The molecule has 1 saturated carbocycles. The molecule has 0 heterocycles. The molecule has 13 heavy (non-hydrogen) atoms. The lowest BCUT2D eigenvalue weighted by Crippen LogP contribution is -2.21. The van der Waals surface area contributed by atoms with E-state index in [1.54, 1.807) is 0 Å². The fourth-order valence-corrected chi connectivity index (χ4v) is 3.09. The van der Waals surface area contributed by atoms with Gasteiger partial charge in [-0.25, -0.2) is 0 Å². The van der Waals surface area contributed by atoms with E-state index in [1.807, 2.05) is 0 Å². The molecular formula is C12H21N. The Morgan fingerprint density at radius 1 is 1.38 bits per heavy atom. The van der Waals surface area contributed by atoms with Crippen LogP contribution in [0.15, 0.2) is 12.2 Å². The van der Waals surface area contributed by atoms with Gasteiger partial charge in [0.1, 0.15) is 0 Å². The Kier molecular flexibility index (Phi) is 2.46. The van der Waals surface area contributed by atoms with Gasteiger partial charge in [0.15, 0.2) is 0 Å². The van der Waals surface area contributed by atoms with Gasteiger partial charge in [-0.2, -0.15) is 0 Å². The molecule has 0 aromatic rings. The van der Waals surface area contributed by atoms with Gasteiger partial charge in [0.25, 0.3) is 0 Å². The highest BCUT2D eigenvalue weighted by atomic mass is 14.7. The number of allylic oxidation sites excluding steroid dienone is 2. The zero-order valence-electron chi connectivity index (χ0n) is 8.63. The van der Waals surface area contributed by atoms with Crippen LogP contribution in [0.3, 0.4) is 0 Å². The summed E-state index contributed by atoms with van der Waals surface area (Å²) in [5.41, 5.74) is 6.53.